The van der Waals surface area contributed by atoms with Crippen molar-refractivity contribution in [1.82, 2.24) is 9.55 Å². The SMILES string of the molecule is c1ccc(-c2cc(-c3ccccc3)nc(-c3ccc(-n4c5c(c6ccccc64)-c4ccccc4Sc4ccccc4-5)cc3)c2)cc1. The van der Waals surface area contributed by atoms with E-state index in [1.165, 1.54) is 48.6 Å². The number of hydrogen-bond donors (Lipinski definition) is 0. The predicted molar refractivity (Wildman–Crippen MR) is 192 cm³/mol. The van der Waals surface area contributed by atoms with Crippen LogP contribution in [0.1, 0.15) is 0 Å². The van der Waals surface area contributed by atoms with E-state index < -0.39 is 0 Å². The fraction of sp³-hybridized carbons (Fsp3) is 0. The molecular formula is C43H28N2S. The lowest BCUT2D eigenvalue weighted by molar-refractivity contribution is 1.13. The van der Waals surface area contributed by atoms with Gasteiger partial charge in [0.15, 0.2) is 0 Å². The number of benzene rings is 6. The molecule has 6 aromatic carbocycles. The summed E-state index contributed by atoms with van der Waals surface area (Å²) in [6.07, 6.45) is 0. The van der Waals surface area contributed by atoms with Crippen LogP contribution in [0, 0.1) is 0 Å². The first kappa shape index (κ1) is 26.7. The molecule has 0 atom stereocenters. The highest BCUT2D eigenvalue weighted by atomic mass is 32.2. The van der Waals surface area contributed by atoms with Gasteiger partial charge in [0, 0.05) is 43.1 Å². The summed E-state index contributed by atoms with van der Waals surface area (Å²) >= 11 is 1.85. The zero-order valence-corrected chi connectivity index (χ0v) is 25.8. The van der Waals surface area contributed by atoms with Crippen LogP contribution >= 0.6 is 11.8 Å². The van der Waals surface area contributed by atoms with Crippen molar-refractivity contribution in [2.75, 3.05) is 0 Å². The molecule has 8 aromatic rings. The van der Waals surface area contributed by atoms with E-state index in [1.807, 2.05) is 17.8 Å². The second-order valence-corrected chi connectivity index (χ2v) is 12.7. The molecule has 2 nitrogen and oxygen atoms in total. The summed E-state index contributed by atoms with van der Waals surface area (Å²) in [6, 6.07) is 60.7. The molecule has 1 aliphatic heterocycles. The molecule has 0 N–H and O–H groups in total. The summed E-state index contributed by atoms with van der Waals surface area (Å²) < 4.78 is 2.44. The molecule has 0 aliphatic carbocycles. The molecule has 216 valence electrons. The molecule has 0 fully saturated rings. The molecule has 3 heteroatoms. The van der Waals surface area contributed by atoms with Crippen molar-refractivity contribution >= 4 is 22.7 Å². The fourth-order valence-electron chi connectivity index (χ4n) is 6.68. The van der Waals surface area contributed by atoms with Gasteiger partial charge in [-0.2, -0.15) is 0 Å². The lowest BCUT2D eigenvalue weighted by Gasteiger charge is -2.15. The highest BCUT2D eigenvalue weighted by molar-refractivity contribution is 7.99. The van der Waals surface area contributed by atoms with Gasteiger partial charge in [0.1, 0.15) is 0 Å². The third-order valence-corrected chi connectivity index (χ3v) is 9.97. The number of hydrogen-bond acceptors (Lipinski definition) is 2. The summed E-state index contributed by atoms with van der Waals surface area (Å²) in [5.41, 5.74) is 13.8. The second-order valence-electron chi connectivity index (χ2n) is 11.6. The van der Waals surface area contributed by atoms with E-state index in [9.17, 15) is 0 Å². The van der Waals surface area contributed by atoms with E-state index in [2.05, 4.69) is 168 Å². The highest BCUT2D eigenvalue weighted by Crippen LogP contribution is 2.52. The standard InChI is InChI=1S/C43H28N2S/c1-3-13-29(14-4-1)32-27-37(30-15-5-2-6-16-30)44-38(28-32)31-23-25-33(26-24-31)45-39-20-10-7-17-34(39)42-35-18-8-11-21-40(35)46-41-22-12-9-19-36(41)43(42)45/h1-28H. The highest BCUT2D eigenvalue weighted by Gasteiger charge is 2.27. The van der Waals surface area contributed by atoms with E-state index in [0.717, 1.165) is 33.8 Å². The van der Waals surface area contributed by atoms with Crippen molar-refractivity contribution < 1.29 is 0 Å². The number of rotatable bonds is 4. The Bertz CT molecular complexity index is 2310. The maximum Gasteiger partial charge on any atom is 0.0715 e. The third-order valence-electron chi connectivity index (χ3n) is 8.82. The molecule has 0 saturated heterocycles. The summed E-state index contributed by atoms with van der Waals surface area (Å²) in [5, 5.41) is 1.26. The topological polar surface area (TPSA) is 17.8 Å². The van der Waals surface area contributed by atoms with Crippen LogP contribution in [-0.2, 0) is 0 Å². The first-order valence-corrected chi connectivity index (χ1v) is 16.4. The Labute approximate surface area is 272 Å². The number of aromatic nitrogens is 2. The molecule has 0 amide bonds. The van der Waals surface area contributed by atoms with Crippen LogP contribution < -0.4 is 0 Å². The summed E-state index contributed by atoms with van der Waals surface area (Å²) in [7, 11) is 0. The van der Waals surface area contributed by atoms with Gasteiger partial charge in [-0.15, -0.1) is 0 Å². The minimum Gasteiger partial charge on any atom is -0.309 e. The quantitative estimate of drug-likeness (QED) is 0.199. The molecule has 0 radical (unpaired) electrons. The summed E-state index contributed by atoms with van der Waals surface area (Å²) in [6.45, 7) is 0. The fourth-order valence-corrected chi connectivity index (χ4v) is 7.77. The molecule has 0 bridgehead atoms. The number of pyridine rings is 1. The number of para-hydroxylation sites is 1. The zero-order chi connectivity index (χ0) is 30.5. The first-order valence-electron chi connectivity index (χ1n) is 15.6. The average Bonchev–Trinajstić information content (AvgIpc) is 3.40. The molecule has 0 spiro atoms. The van der Waals surface area contributed by atoms with E-state index in [0.29, 0.717) is 0 Å². The van der Waals surface area contributed by atoms with Gasteiger partial charge in [0.05, 0.1) is 22.6 Å². The van der Waals surface area contributed by atoms with Crippen LogP contribution in [0.15, 0.2) is 180 Å². The van der Waals surface area contributed by atoms with Crippen LogP contribution in [0.5, 0.6) is 0 Å². The smallest absolute Gasteiger partial charge is 0.0715 e. The Morgan fingerprint density at radius 1 is 0.435 bits per heavy atom. The minimum absolute atomic E-state index is 0.957. The lowest BCUT2D eigenvalue weighted by Crippen LogP contribution is -1.98. The maximum absolute atomic E-state index is 5.17. The zero-order valence-electron chi connectivity index (χ0n) is 25.0. The Morgan fingerprint density at radius 2 is 0.978 bits per heavy atom. The first-order chi connectivity index (χ1) is 22.8. The van der Waals surface area contributed by atoms with E-state index in [4.69, 9.17) is 4.98 Å². The Kier molecular flexibility index (Phi) is 6.43. The largest absolute Gasteiger partial charge is 0.309 e. The van der Waals surface area contributed by atoms with E-state index in [-0.39, 0.29) is 0 Å². The second kappa shape index (κ2) is 11.1. The van der Waals surface area contributed by atoms with Gasteiger partial charge in [0.25, 0.3) is 0 Å². The van der Waals surface area contributed by atoms with E-state index in [1.54, 1.807) is 0 Å². The normalized spacial score (nSPS) is 11.8. The lowest BCUT2D eigenvalue weighted by atomic mass is 9.98. The van der Waals surface area contributed by atoms with Crippen LogP contribution in [-0.4, -0.2) is 9.55 Å². The Morgan fingerprint density at radius 3 is 1.70 bits per heavy atom. The average molecular weight is 605 g/mol. The van der Waals surface area contributed by atoms with Crippen LogP contribution in [0.3, 0.4) is 0 Å². The molecule has 1 aliphatic rings. The molecule has 46 heavy (non-hydrogen) atoms. The molecule has 2 aromatic heterocycles. The van der Waals surface area contributed by atoms with Crippen molar-refractivity contribution in [3.8, 4) is 61.7 Å². The molecule has 0 unspecified atom stereocenters. The molecule has 0 saturated carbocycles. The van der Waals surface area contributed by atoms with Crippen molar-refractivity contribution in [1.29, 1.82) is 0 Å². The molecule has 3 heterocycles. The monoisotopic (exact) mass is 604 g/mol. The van der Waals surface area contributed by atoms with Crippen molar-refractivity contribution in [3.05, 3.63) is 170 Å². The number of nitrogens with zero attached hydrogens (tertiary/aromatic N) is 2. The van der Waals surface area contributed by atoms with Gasteiger partial charge < -0.3 is 4.57 Å². The van der Waals surface area contributed by atoms with Gasteiger partial charge >= 0.3 is 0 Å². The molecular weight excluding hydrogens is 577 g/mol. The van der Waals surface area contributed by atoms with Crippen LogP contribution in [0.4, 0.5) is 0 Å². The van der Waals surface area contributed by atoms with Gasteiger partial charge in [0.2, 0.25) is 0 Å². The van der Waals surface area contributed by atoms with Gasteiger partial charge in [-0.05, 0) is 59.2 Å². The van der Waals surface area contributed by atoms with Crippen molar-refractivity contribution in [2.24, 2.45) is 0 Å². The third kappa shape index (κ3) is 4.48. The Hall–Kier alpha value is -5.64. The predicted octanol–water partition coefficient (Wildman–Crippen LogP) is 11.8. The van der Waals surface area contributed by atoms with Gasteiger partial charge in [-0.1, -0.05) is 139 Å². The Balaban J connectivity index is 1.24. The van der Waals surface area contributed by atoms with E-state index >= 15 is 0 Å². The van der Waals surface area contributed by atoms with Gasteiger partial charge in [-0.3, -0.25) is 0 Å². The summed E-state index contributed by atoms with van der Waals surface area (Å²) in [5.74, 6) is 0. The molecule has 9 rings (SSSR count). The van der Waals surface area contributed by atoms with Gasteiger partial charge in [-0.25, -0.2) is 4.98 Å². The number of fused-ring (bicyclic) bond motifs is 7. The van der Waals surface area contributed by atoms with Crippen molar-refractivity contribution in [2.45, 2.75) is 9.79 Å². The van der Waals surface area contributed by atoms with Crippen LogP contribution in [0.25, 0.3) is 72.6 Å². The van der Waals surface area contributed by atoms with Crippen LogP contribution in [0.2, 0.25) is 0 Å². The van der Waals surface area contributed by atoms with Crippen molar-refractivity contribution in [3.63, 3.8) is 0 Å². The minimum atomic E-state index is 0.957. The maximum atomic E-state index is 5.17. The summed E-state index contributed by atoms with van der Waals surface area (Å²) in [4.78, 5) is 7.72.